The minimum Gasteiger partial charge on any atom is -0.377 e. The van der Waals surface area contributed by atoms with Gasteiger partial charge >= 0.3 is 0 Å². The number of pyridine rings is 1. The van der Waals surface area contributed by atoms with Crippen LogP contribution in [0.5, 0.6) is 0 Å². The van der Waals surface area contributed by atoms with E-state index in [0.29, 0.717) is 13.2 Å². The normalized spacial score (nSPS) is 11.0. The number of rotatable bonds is 13. The van der Waals surface area contributed by atoms with Crippen molar-refractivity contribution in [3.8, 4) is 12.3 Å². The number of aryl methyl sites for hydroxylation is 1. The summed E-state index contributed by atoms with van der Waals surface area (Å²) in [6.07, 6.45) is 7.50. The average molecular weight is 459 g/mol. The highest BCUT2D eigenvalue weighted by Gasteiger charge is 2.18. The van der Waals surface area contributed by atoms with Crippen LogP contribution in [0.2, 0.25) is 0 Å². The number of carbonyl (C=O) groups excluding carboxylic acids is 2. The van der Waals surface area contributed by atoms with Gasteiger partial charge in [0.1, 0.15) is 6.61 Å². The van der Waals surface area contributed by atoms with Gasteiger partial charge in [-0.15, -0.1) is 6.42 Å². The molecular weight excluding hydrogens is 432 g/mol. The van der Waals surface area contributed by atoms with Crippen molar-refractivity contribution in [2.45, 2.75) is 18.2 Å². The van der Waals surface area contributed by atoms with Gasteiger partial charge in [-0.3, -0.25) is 14.6 Å². The molecule has 1 amide bonds. The Morgan fingerprint density at radius 3 is 2.47 bits per heavy atom. The predicted octanol–water partition coefficient (Wildman–Crippen LogP) is 1.83. The lowest BCUT2D eigenvalue weighted by Gasteiger charge is -2.08. The maximum atomic E-state index is 12.5. The van der Waals surface area contributed by atoms with Crippen LogP contribution in [0.1, 0.15) is 32.7 Å². The van der Waals surface area contributed by atoms with E-state index in [0.717, 1.165) is 5.56 Å². The van der Waals surface area contributed by atoms with E-state index in [1.54, 1.807) is 12.1 Å². The van der Waals surface area contributed by atoms with Crippen molar-refractivity contribution in [2.75, 3.05) is 38.7 Å². The molecule has 0 aliphatic carbocycles. The second-order valence-electron chi connectivity index (χ2n) is 6.89. The van der Waals surface area contributed by atoms with Gasteiger partial charge in [-0.05, 0) is 25.1 Å². The Labute approximate surface area is 188 Å². The lowest BCUT2D eigenvalue weighted by atomic mass is 10.1. The molecule has 32 heavy (non-hydrogen) atoms. The fraction of sp³-hybridized carbons (Fsp3) is 0.348. The van der Waals surface area contributed by atoms with Gasteiger partial charge in [-0.2, -0.15) is 0 Å². The number of Topliss-reactive ketones (excluding diaryl/α,β-unsaturated/α-hetero) is 1. The summed E-state index contributed by atoms with van der Waals surface area (Å²) in [6, 6.07) is 7.86. The van der Waals surface area contributed by atoms with Crippen LogP contribution in [-0.4, -0.2) is 63.8 Å². The van der Waals surface area contributed by atoms with Crippen LogP contribution in [0.15, 0.2) is 47.6 Å². The number of sulfone groups is 1. The molecule has 2 rings (SSSR count). The number of ketones is 1. The third-order valence-electron chi connectivity index (χ3n) is 4.39. The molecule has 1 N–H and O–H groups in total. The van der Waals surface area contributed by atoms with Gasteiger partial charge in [-0.25, -0.2) is 8.42 Å². The summed E-state index contributed by atoms with van der Waals surface area (Å²) in [5.74, 6) is 1.20. The first-order valence-corrected chi connectivity index (χ1v) is 11.6. The van der Waals surface area contributed by atoms with Crippen molar-refractivity contribution < 1.29 is 27.5 Å². The van der Waals surface area contributed by atoms with Gasteiger partial charge in [0.25, 0.3) is 5.91 Å². The first kappa shape index (κ1) is 25.2. The van der Waals surface area contributed by atoms with E-state index in [9.17, 15) is 18.0 Å². The molecule has 8 nitrogen and oxygen atoms in total. The number of amides is 1. The molecule has 0 bridgehead atoms. The quantitative estimate of drug-likeness (QED) is 0.277. The standard InChI is InChI=1S/C23H26N2O6S/c1-3-10-30-12-13-31-11-9-25-23(27)20-15-19(16-24-17-20)22(26)8-14-32(28,29)21-6-4-18(2)5-7-21/h1,4-7,15-17H,8-14H2,2H3,(H,25,27). The maximum absolute atomic E-state index is 12.5. The molecular formula is C23H26N2O6S. The molecule has 0 fully saturated rings. The highest BCUT2D eigenvalue weighted by Crippen LogP contribution is 2.15. The molecule has 0 radical (unpaired) electrons. The van der Waals surface area contributed by atoms with Gasteiger partial charge in [0.15, 0.2) is 15.6 Å². The monoisotopic (exact) mass is 458 g/mol. The molecule has 0 aliphatic rings. The highest BCUT2D eigenvalue weighted by atomic mass is 32.2. The number of hydrogen-bond donors (Lipinski definition) is 1. The van der Waals surface area contributed by atoms with Gasteiger partial charge in [0.2, 0.25) is 0 Å². The van der Waals surface area contributed by atoms with E-state index in [1.165, 1.54) is 30.6 Å². The van der Waals surface area contributed by atoms with E-state index in [2.05, 4.69) is 16.2 Å². The summed E-state index contributed by atoms with van der Waals surface area (Å²) < 4.78 is 35.2. The molecule has 2 aromatic rings. The van der Waals surface area contributed by atoms with Crippen molar-refractivity contribution in [2.24, 2.45) is 0 Å². The number of terminal acetylenes is 1. The summed E-state index contributed by atoms with van der Waals surface area (Å²) in [4.78, 5) is 28.8. The minimum atomic E-state index is -3.58. The average Bonchev–Trinajstić information content (AvgIpc) is 2.79. The summed E-state index contributed by atoms with van der Waals surface area (Å²) in [6.45, 7) is 3.36. The molecule has 1 aromatic carbocycles. The molecule has 170 valence electrons. The van der Waals surface area contributed by atoms with Crippen LogP contribution in [0, 0.1) is 19.3 Å². The van der Waals surface area contributed by atoms with E-state index in [-0.39, 0.29) is 48.0 Å². The first-order valence-electron chi connectivity index (χ1n) is 9.98. The van der Waals surface area contributed by atoms with Crippen LogP contribution in [0.25, 0.3) is 0 Å². The molecule has 0 saturated heterocycles. The van der Waals surface area contributed by atoms with Crippen LogP contribution in [-0.2, 0) is 19.3 Å². The van der Waals surface area contributed by atoms with Gasteiger partial charge < -0.3 is 14.8 Å². The van der Waals surface area contributed by atoms with Crippen LogP contribution >= 0.6 is 0 Å². The van der Waals surface area contributed by atoms with Crippen LogP contribution in [0.4, 0.5) is 0 Å². The smallest absolute Gasteiger partial charge is 0.252 e. The Kier molecular flexibility index (Phi) is 10.0. The molecule has 0 spiro atoms. The highest BCUT2D eigenvalue weighted by molar-refractivity contribution is 7.91. The van der Waals surface area contributed by atoms with Crippen molar-refractivity contribution in [1.82, 2.24) is 10.3 Å². The van der Waals surface area contributed by atoms with Gasteiger partial charge in [-0.1, -0.05) is 23.6 Å². The van der Waals surface area contributed by atoms with Crippen molar-refractivity contribution in [3.05, 3.63) is 59.4 Å². The second kappa shape index (κ2) is 12.7. The fourth-order valence-corrected chi connectivity index (χ4v) is 3.88. The number of ether oxygens (including phenoxy) is 2. The topological polar surface area (TPSA) is 112 Å². The van der Waals surface area contributed by atoms with E-state index >= 15 is 0 Å². The number of nitrogens with one attached hydrogen (secondary N) is 1. The number of hydrogen-bond acceptors (Lipinski definition) is 7. The Morgan fingerprint density at radius 2 is 1.75 bits per heavy atom. The number of benzene rings is 1. The van der Waals surface area contributed by atoms with Crippen molar-refractivity contribution >= 4 is 21.5 Å². The van der Waals surface area contributed by atoms with Crippen molar-refractivity contribution in [1.29, 1.82) is 0 Å². The number of carbonyl (C=O) groups is 2. The van der Waals surface area contributed by atoms with E-state index in [4.69, 9.17) is 15.9 Å². The molecule has 1 aromatic heterocycles. The van der Waals surface area contributed by atoms with Crippen molar-refractivity contribution in [3.63, 3.8) is 0 Å². The number of aromatic nitrogens is 1. The Balaban J connectivity index is 1.83. The lowest BCUT2D eigenvalue weighted by Crippen LogP contribution is -2.28. The molecule has 0 unspecified atom stereocenters. The Morgan fingerprint density at radius 1 is 1.06 bits per heavy atom. The lowest BCUT2D eigenvalue weighted by molar-refractivity contribution is 0.0600. The van der Waals surface area contributed by atoms with E-state index < -0.39 is 21.5 Å². The second-order valence-corrected chi connectivity index (χ2v) is 9.00. The van der Waals surface area contributed by atoms with Gasteiger partial charge in [0.05, 0.1) is 36.0 Å². The van der Waals surface area contributed by atoms with Gasteiger partial charge in [0, 0.05) is 30.9 Å². The van der Waals surface area contributed by atoms with Crippen LogP contribution < -0.4 is 5.32 Å². The minimum absolute atomic E-state index is 0.173. The summed E-state index contributed by atoms with van der Waals surface area (Å²) in [5, 5.41) is 2.67. The third-order valence-corrected chi connectivity index (χ3v) is 6.12. The fourth-order valence-electron chi connectivity index (χ4n) is 2.64. The summed E-state index contributed by atoms with van der Waals surface area (Å²) >= 11 is 0. The summed E-state index contributed by atoms with van der Waals surface area (Å²) in [7, 11) is -3.58. The third kappa shape index (κ3) is 8.23. The molecule has 0 atom stereocenters. The zero-order valence-corrected chi connectivity index (χ0v) is 18.7. The van der Waals surface area contributed by atoms with E-state index in [1.807, 2.05) is 6.92 Å². The van der Waals surface area contributed by atoms with Crippen LogP contribution in [0.3, 0.4) is 0 Å². The number of nitrogens with zero attached hydrogens (tertiary/aromatic N) is 1. The Hall–Kier alpha value is -3.06. The molecule has 0 saturated carbocycles. The summed E-state index contributed by atoms with van der Waals surface area (Å²) in [5.41, 5.74) is 1.33. The molecule has 9 heteroatoms. The molecule has 0 aliphatic heterocycles. The maximum Gasteiger partial charge on any atom is 0.252 e. The zero-order valence-electron chi connectivity index (χ0n) is 17.9. The first-order chi connectivity index (χ1) is 15.3. The Bertz CT molecular complexity index is 1060. The molecule has 1 heterocycles. The SMILES string of the molecule is C#CCOCCOCCNC(=O)c1cncc(C(=O)CCS(=O)(=O)c2ccc(C)cc2)c1. The largest absolute Gasteiger partial charge is 0.377 e. The predicted molar refractivity (Wildman–Crippen MR) is 119 cm³/mol. The zero-order chi connectivity index (χ0) is 23.4.